The molecule has 0 fully saturated rings. The van der Waals surface area contributed by atoms with Crippen molar-refractivity contribution in [3.05, 3.63) is 64.7 Å². The van der Waals surface area contributed by atoms with Crippen LogP contribution in [0.25, 0.3) is 0 Å². The Morgan fingerprint density at radius 3 is 1.91 bits per heavy atom. The van der Waals surface area contributed by atoms with E-state index in [1.54, 1.807) is 0 Å². The third kappa shape index (κ3) is 4.37. The van der Waals surface area contributed by atoms with Crippen molar-refractivity contribution in [2.45, 2.75) is 65.2 Å². The molecule has 23 heavy (non-hydrogen) atoms. The summed E-state index contributed by atoms with van der Waals surface area (Å²) in [5.41, 5.74) is 4.73. The SMILES string of the molecule is CC(C)(C)c1cc(CCc2ccccc2)c(O)c(C(C)(C)C)c1. The molecule has 124 valence electrons. The molecule has 0 spiro atoms. The Morgan fingerprint density at radius 1 is 0.783 bits per heavy atom. The van der Waals surface area contributed by atoms with Gasteiger partial charge in [0, 0.05) is 0 Å². The molecule has 0 aliphatic rings. The van der Waals surface area contributed by atoms with Gasteiger partial charge in [-0.15, -0.1) is 0 Å². The van der Waals surface area contributed by atoms with Gasteiger partial charge in [-0.3, -0.25) is 0 Å². The average Bonchev–Trinajstić information content (AvgIpc) is 2.44. The zero-order valence-electron chi connectivity index (χ0n) is 15.4. The van der Waals surface area contributed by atoms with E-state index in [1.165, 1.54) is 11.1 Å². The molecule has 0 heterocycles. The van der Waals surface area contributed by atoms with Crippen LogP contribution in [0.3, 0.4) is 0 Å². The maximum atomic E-state index is 10.8. The summed E-state index contributed by atoms with van der Waals surface area (Å²) in [4.78, 5) is 0. The van der Waals surface area contributed by atoms with E-state index in [9.17, 15) is 5.11 Å². The summed E-state index contributed by atoms with van der Waals surface area (Å²) in [5.74, 6) is 0.474. The van der Waals surface area contributed by atoms with Crippen LogP contribution >= 0.6 is 0 Å². The van der Waals surface area contributed by atoms with E-state index in [2.05, 4.69) is 77.9 Å². The normalized spacial score (nSPS) is 12.4. The summed E-state index contributed by atoms with van der Waals surface area (Å²) in [5, 5.41) is 10.8. The summed E-state index contributed by atoms with van der Waals surface area (Å²) in [6, 6.07) is 14.8. The average molecular weight is 310 g/mol. The lowest BCUT2D eigenvalue weighted by atomic mass is 9.78. The fourth-order valence-corrected chi connectivity index (χ4v) is 2.81. The number of aromatic hydroxyl groups is 1. The van der Waals surface area contributed by atoms with Gasteiger partial charge in [-0.25, -0.2) is 0 Å². The molecule has 0 aliphatic heterocycles. The number of hydrogen-bond acceptors (Lipinski definition) is 1. The van der Waals surface area contributed by atoms with Crippen LogP contribution in [0.2, 0.25) is 0 Å². The van der Waals surface area contributed by atoms with Crippen LogP contribution in [-0.4, -0.2) is 5.11 Å². The Hall–Kier alpha value is -1.76. The molecule has 0 unspecified atom stereocenters. The maximum absolute atomic E-state index is 10.8. The van der Waals surface area contributed by atoms with Crippen molar-refractivity contribution in [1.82, 2.24) is 0 Å². The fourth-order valence-electron chi connectivity index (χ4n) is 2.81. The molecular formula is C22H30O. The van der Waals surface area contributed by atoms with E-state index >= 15 is 0 Å². The van der Waals surface area contributed by atoms with E-state index < -0.39 is 0 Å². The number of aryl methyl sites for hydroxylation is 2. The first-order valence-electron chi connectivity index (χ1n) is 8.50. The lowest BCUT2D eigenvalue weighted by molar-refractivity contribution is 0.438. The van der Waals surface area contributed by atoms with Crippen molar-refractivity contribution < 1.29 is 5.11 Å². The summed E-state index contributed by atoms with van der Waals surface area (Å²) < 4.78 is 0. The van der Waals surface area contributed by atoms with Gasteiger partial charge in [0.05, 0.1) is 0 Å². The number of hydrogen-bond donors (Lipinski definition) is 1. The lowest BCUT2D eigenvalue weighted by Gasteiger charge is -2.27. The molecule has 0 saturated heterocycles. The molecule has 2 aromatic rings. The Labute approximate surface area is 141 Å². The molecule has 1 nitrogen and oxygen atoms in total. The van der Waals surface area contributed by atoms with Gasteiger partial charge in [-0.1, -0.05) is 84.0 Å². The Kier molecular flexibility index (Phi) is 4.89. The molecule has 0 saturated carbocycles. The first-order chi connectivity index (χ1) is 10.6. The molecule has 0 aliphatic carbocycles. The van der Waals surface area contributed by atoms with Crippen LogP contribution in [0.15, 0.2) is 42.5 Å². The van der Waals surface area contributed by atoms with Crippen LogP contribution in [0.1, 0.15) is 63.8 Å². The highest BCUT2D eigenvalue weighted by molar-refractivity contribution is 5.49. The molecule has 0 atom stereocenters. The van der Waals surface area contributed by atoms with Crippen LogP contribution in [-0.2, 0) is 23.7 Å². The van der Waals surface area contributed by atoms with Gasteiger partial charge in [0.15, 0.2) is 0 Å². The van der Waals surface area contributed by atoms with Crippen molar-refractivity contribution in [2.75, 3.05) is 0 Å². The van der Waals surface area contributed by atoms with Crippen LogP contribution in [0.4, 0.5) is 0 Å². The standard InChI is InChI=1S/C22H30O/c1-21(2,3)18-14-17(13-12-16-10-8-7-9-11-16)20(23)19(15-18)22(4,5)6/h7-11,14-15,23H,12-13H2,1-6H3. The monoisotopic (exact) mass is 310 g/mol. The lowest BCUT2D eigenvalue weighted by Crippen LogP contribution is -2.17. The third-order valence-electron chi connectivity index (χ3n) is 4.39. The van der Waals surface area contributed by atoms with Gasteiger partial charge in [-0.2, -0.15) is 0 Å². The fraction of sp³-hybridized carbons (Fsp3) is 0.455. The van der Waals surface area contributed by atoms with E-state index in [1.807, 2.05) is 6.07 Å². The molecule has 0 radical (unpaired) electrons. The van der Waals surface area contributed by atoms with Gasteiger partial charge < -0.3 is 5.11 Å². The second-order valence-electron chi connectivity index (χ2n) is 8.52. The minimum Gasteiger partial charge on any atom is -0.507 e. The van der Waals surface area contributed by atoms with E-state index in [0.29, 0.717) is 5.75 Å². The predicted octanol–water partition coefficient (Wildman–Crippen LogP) is 5.77. The van der Waals surface area contributed by atoms with Crippen LogP contribution in [0.5, 0.6) is 5.75 Å². The van der Waals surface area contributed by atoms with Crippen LogP contribution in [0, 0.1) is 0 Å². The Bertz CT molecular complexity index is 655. The predicted molar refractivity (Wildman–Crippen MR) is 99.4 cm³/mol. The molecular weight excluding hydrogens is 280 g/mol. The van der Waals surface area contributed by atoms with Crippen molar-refractivity contribution in [2.24, 2.45) is 0 Å². The minimum absolute atomic E-state index is 0.0627. The molecule has 0 bridgehead atoms. The molecule has 1 heteroatoms. The van der Waals surface area contributed by atoms with Gasteiger partial charge in [0.2, 0.25) is 0 Å². The molecule has 2 aromatic carbocycles. The quantitative estimate of drug-likeness (QED) is 0.762. The highest BCUT2D eigenvalue weighted by Gasteiger charge is 2.24. The van der Waals surface area contributed by atoms with Crippen LogP contribution < -0.4 is 0 Å². The number of rotatable bonds is 3. The van der Waals surface area contributed by atoms with Gasteiger partial charge in [0.1, 0.15) is 5.75 Å². The highest BCUT2D eigenvalue weighted by atomic mass is 16.3. The first kappa shape index (κ1) is 17.6. The van der Waals surface area contributed by atoms with E-state index in [0.717, 1.165) is 24.0 Å². The minimum atomic E-state index is -0.0627. The number of benzene rings is 2. The van der Waals surface area contributed by atoms with Gasteiger partial charge >= 0.3 is 0 Å². The highest BCUT2D eigenvalue weighted by Crippen LogP contribution is 2.38. The number of phenols is 1. The summed E-state index contributed by atoms with van der Waals surface area (Å²) in [6.45, 7) is 13.2. The third-order valence-corrected chi connectivity index (χ3v) is 4.39. The molecule has 0 amide bonds. The summed E-state index contributed by atoms with van der Waals surface area (Å²) in [6.07, 6.45) is 1.81. The second-order valence-corrected chi connectivity index (χ2v) is 8.52. The number of phenolic OH excluding ortho intramolecular Hbond substituents is 1. The second kappa shape index (κ2) is 6.39. The molecule has 2 rings (SSSR count). The summed E-state index contributed by atoms with van der Waals surface area (Å²) >= 11 is 0. The molecule has 0 aromatic heterocycles. The topological polar surface area (TPSA) is 20.2 Å². The molecule has 1 N–H and O–H groups in total. The van der Waals surface area contributed by atoms with Gasteiger partial charge in [0.25, 0.3) is 0 Å². The van der Waals surface area contributed by atoms with E-state index in [-0.39, 0.29) is 10.8 Å². The smallest absolute Gasteiger partial charge is 0.122 e. The van der Waals surface area contributed by atoms with Gasteiger partial charge in [-0.05, 0) is 45.9 Å². The maximum Gasteiger partial charge on any atom is 0.122 e. The van der Waals surface area contributed by atoms with Crippen molar-refractivity contribution in [1.29, 1.82) is 0 Å². The zero-order chi connectivity index (χ0) is 17.3. The zero-order valence-corrected chi connectivity index (χ0v) is 15.4. The van der Waals surface area contributed by atoms with E-state index in [4.69, 9.17) is 0 Å². The largest absolute Gasteiger partial charge is 0.507 e. The van der Waals surface area contributed by atoms with Crippen molar-refractivity contribution in [3.63, 3.8) is 0 Å². The Morgan fingerprint density at radius 2 is 1.39 bits per heavy atom. The van der Waals surface area contributed by atoms with Crippen molar-refractivity contribution in [3.8, 4) is 5.75 Å². The Balaban J connectivity index is 2.41. The first-order valence-corrected chi connectivity index (χ1v) is 8.50. The van der Waals surface area contributed by atoms with Crippen molar-refractivity contribution >= 4 is 0 Å². The summed E-state index contributed by atoms with van der Waals surface area (Å²) in [7, 11) is 0.